The fourth-order valence-electron chi connectivity index (χ4n) is 3.95. The SMILES string of the molecule is CCCN(c1nc(-c2ccc(Cl)cc2Cl)c(C)s1)C(c1ccc(OC)cc1)C1CC1. The van der Waals surface area contributed by atoms with E-state index in [2.05, 4.69) is 43.0 Å². The van der Waals surface area contributed by atoms with E-state index in [1.165, 1.54) is 23.3 Å². The summed E-state index contributed by atoms with van der Waals surface area (Å²) in [6, 6.07) is 14.4. The van der Waals surface area contributed by atoms with Crippen LogP contribution < -0.4 is 9.64 Å². The molecule has 1 heterocycles. The Labute approximate surface area is 192 Å². The van der Waals surface area contributed by atoms with Crippen LogP contribution in [0.5, 0.6) is 5.75 Å². The molecule has 4 rings (SSSR count). The fraction of sp³-hybridized carbons (Fsp3) is 0.375. The molecule has 1 unspecified atom stereocenters. The van der Waals surface area contributed by atoms with Crippen LogP contribution in [0.4, 0.5) is 5.13 Å². The van der Waals surface area contributed by atoms with Crippen LogP contribution in [0.15, 0.2) is 42.5 Å². The highest BCUT2D eigenvalue weighted by Crippen LogP contribution is 2.48. The van der Waals surface area contributed by atoms with E-state index in [1.54, 1.807) is 24.5 Å². The zero-order valence-corrected chi connectivity index (χ0v) is 19.8. The number of rotatable bonds is 8. The van der Waals surface area contributed by atoms with E-state index >= 15 is 0 Å². The molecule has 0 saturated heterocycles. The number of methoxy groups -OCH3 is 1. The largest absolute Gasteiger partial charge is 0.497 e. The third kappa shape index (κ3) is 4.46. The van der Waals surface area contributed by atoms with Crippen molar-refractivity contribution in [2.24, 2.45) is 5.92 Å². The maximum atomic E-state index is 6.49. The summed E-state index contributed by atoms with van der Waals surface area (Å²) in [5, 5.41) is 2.33. The van der Waals surface area contributed by atoms with Crippen LogP contribution in [-0.2, 0) is 0 Å². The first-order valence-corrected chi connectivity index (χ1v) is 11.9. The van der Waals surface area contributed by atoms with Crippen LogP contribution in [0, 0.1) is 12.8 Å². The quantitative estimate of drug-likeness (QED) is 0.342. The lowest BCUT2D eigenvalue weighted by molar-refractivity contribution is 0.414. The monoisotopic (exact) mass is 460 g/mol. The molecule has 158 valence electrons. The summed E-state index contributed by atoms with van der Waals surface area (Å²) in [4.78, 5) is 8.73. The Morgan fingerprint density at radius 1 is 1.17 bits per heavy atom. The second-order valence-corrected chi connectivity index (χ2v) is 9.80. The first-order valence-electron chi connectivity index (χ1n) is 10.3. The molecule has 1 aromatic heterocycles. The normalized spacial score (nSPS) is 14.6. The van der Waals surface area contributed by atoms with Crippen LogP contribution in [0.25, 0.3) is 11.3 Å². The smallest absolute Gasteiger partial charge is 0.186 e. The van der Waals surface area contributed by atoms with Gasteiger partial charge in [-0.15, -0.1) is 11.3 Å². The highest BCUT2D eigenvalue weighted by atomic mass is 35.5. The highest BCUT2D eigenvalue weighted by molar-refractivity contribution is 7.16. The van der Waals surface area contributed by atoms with Gasteiger partial charge in [0.1, 0.15) is 5.75 Å². The molecule has 0 spiro atoms. The molecule has 0 bridgehead atoms. The number of aryl methyl sites for hydroxylation is 1. The first-order chi connectivity index (χ1) is 14.5. The van der Waals surface area contributed by atoms with Gasteiger partial charge in [0.2, 0.25) is 0 Å². The fourth-order valence-corrected chi connectivity index (χ4v) is 5.43. The number of anilines is 1. The molecule has 2 aromatic carbocycles. The van der Waals surface area contributed by atoms with Gasteiger partial charge >= 0.3 is 0 Å². The Morgan fingerprint density at radius 2 is 1.90 bits per heavy atom. The van der Waals surface area contributed by atoms with Gasteiger partial charge in [-0.2, -0.15) is 0 Å². The van der Waals surface area contributed by atoms with Gasteiger partial charge in [0, 0.05) is 22.0 Å². The van der Waals surface area contributed by atoms with Crippen molar-refractivity contribution in [3.05, 3.63) is 63.0 Å². The standard InChI is InChI=1S/C24H26Cl2N2OS/c1-4-13-28(23(16-5-6-16)17-7-10-19(29-3)11-8-17)24-27-22(15(2)30-24)20-12-9-18(25)14-21(20)26/h7-12,14,16,23H,4-6,13H2,1-3H3. The van der Waals surface area contributed by atoms with Gasteiger partial charge in [0.25, 0.3) is 0 Å². The first kappa shape index (κ1) is 21.5. The number of ether oxygens (including phenoxy) is 1. The van der Waals surface area contributed by atoms with E-state index in [1.807, 2.05) is 12.1 Å². The van der Waals surface area contributed by atoms with Crippen molar-refractivity contribution in [3.63, 3.8) is 0 Å². The Balaban J connectivity index is 1.73. The predicted molar refractivity (Wildman–Crippen MR) is 128 cm³/mol. The van der Waals surface area contributed by atoms with Gasteiger partial charge < -0.3 is 9.64 Å². The number of thiazole rings is 1. The molecule has 1 atom stereocenters. The van der Waals surface area contributed by atoms with Crippen molar-refractivity contribution >= 4 is 39.7 Å². The van der Waals surface area contributed by atoms with E-state index in [-0.39, 0.29) is 0 Å². The minimum atomic E-state index is 0.329. The van der Waals surface area contributed by atoms with E-state index < -0.39 is 0 Å². The van der Waals surface area contributed by atoms with Gasteiger partial charge in [-0.1, -0.05) is 42.3 Å². The Hall–Kier alpha value is -1.75. The van der Waals surface area contributed by atoms with Crippen LogP contribution in [0.2, 0.25) is 10.0 Å². The molecule has 0 N–H and O–H groups in total. The zero-order chi connectivity index (χ0) is 21.3. The average Bonchev–Trinajstić information content (AvgIpc) is 3.50. The molecule has 3 nitrogen and oxygen atoms in total. The molecule has 6 heteroatoms. The number of hydrogen-bond acceptors (Lipinski definition) is 4. The molecule has 1 aliphatic rings. The molecular weight excluding hydrogens is 435 g/mol. The van der Waals surface area contributed by atoms with Gasteiger partial charge in [0.15, 0.2) is 5.13 Å². The number of hydrogen-bond donors (Lipinski definition) is 0. The van der Waals surface area contributed by atoms with Crippen LogP contribution in [0.3, 0.4) is 0 Å². The summed E-state index contributed by atoms with van der Waals surface area (Å²) in [5.41, 5.74) is 3.21. The van der Waals surface area contributed by atoms with Gasteiger partial charge in [0.05, 0.1) is 23.9 Å². The number of halogens is 2. The average molecular weight is 461 g/mol. The van der Waals surface area contributed by atoms with E-state index in [0.717, 1.165) is 35.1 Å². The molecule has 30 heavy (non-hydrogen) atoms. The molecule has 1 fully saturated rings. The molecule has 1 aliphatic carbocycles. The Morgan fingerprint density at radius 3 is 2.50 bits per heavy atom. The molecule has 1 saturated carbocycles. The number of benzene rings is 2. The summed E-state index contributed by atoms with van der Waals surface area (Å²) < 4.78 is 5.36. The molecular formula is C24H26Cl2N2OS. The molecule has 3 aromatic rings. The Kier molecular flexibility index (Phi) is 6.57. The number of nitrogens with zero attached hydrogens (tertiary/aromatic N) is 2. The van der Waals surface area contributed by atoms with E-state index in [4.69, 9.17) is 32.9 Å². The zero-order valence-electron chi connectivity index (χ0n) is 17.5. The summed E-state index contributed by atoms with van der Waals surface area (Å²) in [5.74, 6) is 1.55. The second-order valence-electron chi connectivity index (χ2n) is 7.77. The van der Waals surface area contributed by atoms with Crippen LogP contribution in [-0.4, -0.2) is 18.6 Å². The van der Waals surface area contributed by atoms with Crippen molar-refractivity contribution in [3.8, 4) is 17.0 Å². The van der Waals surface area contributed by atoms with Gasteiger partial charge in [-0.25, -0.2) is 4.98 Å². The molecule has 0 amide bonds. The topological polar surface area (TPSA) is 25.4 Å². The minimum absolute atomic E-state index is 0.329. The van der Waals surface area contributed by atoms with E-state index in [0.29, 0.717) is 22.0 Å². The van der Waals surface area contributed by atoms with Gasteiger partial charge in [-0.05, 0) is 68.0 Å². The summed E-state index contributed by atoms with van der Waals surface area (Å²) in [7, 11) is 1.71. The molecule has 0 radical (unpaired) electrons. The summed E-state index contributed by atoms with van der Waals surface area (Å²) in [6.45, 7) is 5.31. The maximum absolute atomic E-state index is 6.49. The van der Waals surface area contributed by atoms with Crippen LogP contribution >= 0.6 is 34.5 Å². The van der Waals surface area contributed by atoms with Gasteiger partial charge in [-0.3, -0.25) is 0 Å². The van der Waals surface area contributed by atoms with Crippen LogP contribution in [0.1, 0.15) is 42.7 Å². The minimum Gasteiger partial charge on any atom is -0.497 e. The van der Waals surface area contributed by atoms with E-state index in [9.17, 15) is 0 Å². The lowest BCUT2D eigenvalue weighted by Crippen LogP contribution is -2.31. The third-order valence-electron chi connectivity index (χ3n) is 5.54. The van der Waals surface area contributed by atoms with Crippen molar-refractivity contribution in [1.29, 1.82) is 0 Å². The van der Waals surface area contributed by atoms with Crippen molar-refractivity contribution in [2.45, 2.75) is 39.2 Å². The summed E-state index contributed by atoms with van der Waals surface area (Å²) >= 11 is 14.3. The summed E-state index contributed by atoms with van der Waals surface area (Å²) in [6.07, 6.45) is 3.59. The maximum Gasteiger partial charge on any atom is 0.186 e. The van der Waals surface area contributed by atoms with Crippen molar-refractivity contribution in [1.82, 2.24) is 4.98 Å². The van der Waals surface area contributed by atoms with Crippen molar-refractivity contribution in [2.75, 3.05) is 18.6 Å². The second kappa shape index (κ2) is 9.17. The highest BCUT2D eigenvalue weighted by Gasteiger charge is 2.37. The molecule has 0 aliphatic heterocycles. The lowest BCUT2D eigenvalue weighted by Gasteiger charge is -2.32. The Bertz CT molecular complexity index is 1010. The predicted octanol–water partition coefficient (Wildman–Crippen LogP) is 7.80. The third-order valence-corrected chi connectivity index (χ3v) is 7.10. The lowest BCUT2D eigenvalue weighted by atomic mass is 10.0. The van der Waals surface area contributed by atoms with Crippen molar-refractivity contribution < 1.29 is 4.74 Å². The number of aromatic nitrogens is 1.